The van der Waals surface area contributed by atoms with E-state index < -0.39 is 10.4 Å². The highest BCUT2D eigenvalue weighted by atomic mass is 32.3. The van der Waals surface area contributed by atoms with Gasteiger partial charge in [0.15, 0.2) is 0 Å². The molecule has 24 heavy (non-hydrogen) atoms. The van der Waals surface area contributed by atoms with Gasteiger partial charge in [-0.3, -0.25) is 0 Å². The molecule has 1 rings (SSSR count). The Bertz CT molecular complexity index is 532. The van der Waals surface area contributed by atoms with Gasteiger partial charge in [0.1, 0.15) is 5.75 Å². The standard InChI is InChI=1S/C18H30O4S.H3N/c1-2-3-4-5-6-7-8-9-10-11-14-17-15-12-13-16-18(17)22-23(19,20)21;/h12-13,15-16H,2-11,14H2,1H3,(H,19,20,21);1H3. The maximum absolute atomic E-state index is 10.7. The molecule has 0 aliphatic rings. The van der Waals surface area contributed by atoms with Gasteiger partial charge in [-0.05, 0) is 24.5 Å². The predicted molar refractivity (Wildman–Crippen MR) is 98.3 cm³/mol. The summed E-state index contributed by atoms with van der Waals surface area (Å²) in [6.07, 6.45) is 13.3. The quantitative estimate of drug-likeness (QED) is 0.290. The van der Waals surface area contributed by atoms with Crippen molar-refractivity contribution < 1.29 is 17.2 Å². The van der Waals surface area contributed by atoms with Crippen molar-refractivity contribution in [2.45, 2.75) is 77.6 Å². The van der Waals surface area contributed by atoms with Crippen LogP contribution in [0, 0.1) is 0 Å². The summed E-state index contributed by atoms with van der Waals surface area (Å²) in [6.45, 7) is 2.23. The van der Waals surface area contributed by atoms with Gasteiger partial charge in [0.05, 0.1) is 0 Å². The monoisotopic (exact) mass is 359 g/mol. The number of rotatable bonds is 13. The van der Waals surface area contributed by atoms with Crippen LogP contribution in [0.15, 0.2) is 24.3 Å². The Balaban J connectivity index is 0.00000529. The minimum absolute atomic E-state index is 0. The SMILES string of the molecule is CCCCCCCCCCCCc1ccccc1OS(=O)(=O)[O-].[NH4+]. The van der Waals surface area contributed by atoms with Crippen LogP contribution in [0.5, 0.6) is 5.75 Å². The molecule has 0 fully saturated rings. The molecule has 0 atom stereocenters. The second-order valence-electron chi connectivity index (χ2n) is 6.03. The minimum Gasteiger partial charge on any atom is -0.716 e. The van der Waals surface area contributed by atoms with E-state index in [9.17, 15) is 13.0 Å². The molecule has 140 valence electrons. The van der Waals surface area contributed by atoms with Gasteiger partial charge in [-0.1, -0.05) is 82.9 Å². The molecule has 0 radical (unpaired) electrons. The Morgan fingerprint density at radius 2 is 1.38 bits per heavy atom. The Hall–Kier alpha value is -1.11. The highest BCUT2D eigenvalue weighted by Crippen LogP contribution is 2.22. The van der Waals surface area contributed by atoms with Crippen molar-refractivity contribution >= 4 is 10.4 Å². The Morgan fingerprint density at radius 1 is 0.875 bits per heavy atom. The number of unbranched alkanes of at least 4 members (excludes halogenated alkanes) is 9. The average molecular weight is 360 g/mol. The first-order valence-corrected chi connectivity index (χ1v) is 10.1. The molecule has 0 aliphatic carbocycles. The minimum atomic E-state index is -4.70. The number of benzene rings is 1. The lowest BCUT2D eigenvalue weighted by atomic mass is 10.0. The molecule has 1 aromatic carbocycles. The van der Waals surface area contributed by atoms with E-state index in [1.54, 1.807) is 6.07 Å². The van der Waals surface area contributed by atoms with Crippen LogP contribution in [0.25, 0.3) is 0 Å². The van der Waals surface area contributed by atoms with Gasteiger partial charge in [-0.2, -0.15) is 0 Å². The highest BCUT2D eigenvalue weighted by molar-refractivity contribution is 7.81. The first-order chi connectivity index (χ1) is 11.0. The van der Waals surface area contributed by atoms with Gasteiger partial charge in [0.2, 0.25) is 0 Å². The first kappa shape index (κ1) is 22.9. The zero-order valence-corrected chi connectivity index (χ0v) is 15.9. The summed E-state index contributed by atoms with van der Waals surface area (Å²) in [5.41, 5.74) is 0.784. The molecular formula is C18H33NO4S. The Kier molecular flexibility index (Phi) is 12.6. The van der Waals surface area contributed by atoms with Crippen molar-refractivity contribution in [2.75, 3.05) is 0 Å². The van der Waals surface area contributed by atoms with Crippen LogP contribution in [-0.4, -0.2) is 13.0 Å². The third-order valence-corrected chi connectivity index (χ3v) is 4.35. The number of hydrogen-bond acceptors (Lipinski definition) is 4. The maximum atomic E-state index is 10.7. The van der Waals surface area contributed by atoms with Crippen LogP contribution in [0.2, 0.25) is 0 Å². The smallest absolute Gasteiger partial charge is 0.262 e. The fourth-order valence-corrected chi connectivity index (χ4v) is 3.09. The predicted octanol–water partition coefficient (Wildman–Crippen LogP) is 5.37. The molecule has 6 heteroatoms. The molecule has 0 amide bonds. The first-order valence-electron chi connectivity index (χ1n) is 8.76. The van der Waals surface area contributed by atoms with E-state index in [0.29, 0.717) is 0 Å². The molecule has 4 N–H and O–H groups in total. The molecule has 0 saturated heterocycles. The van der Waals surface area contributed by atoms with E-state index in [-0.39, 0.29) is 11.9 Å². The lowest BCUT2D eigenvalue weighted by Gasteiger charge is -2.13. The lowest BCUT2D eigenvalue weighted by molar-refractivity contribution is 0.370. The second-order valence-corrected chi connectivity index (χ2v) is 7.01. The fourth-order valence-electron chi connectivity index (χ4n) is 2.70. The fraction of sp³-hybridized carbons (Fsp3) is 0.667. The number of quaternary nitrogens is 1. The molecule has 0 aliphatic heterocycles. The second kappa shape index (κ2) is 13.2. The van der Waals surface area contributed by atoms with Gasteiger partial charge < -0.3 is 14.9 Å². The van der Waals surface area contributed by atoms with E-state index in [2.05, 4.69) is 11.1 Å². The van der Waals surface area contributed by atoms with Crippen LogP contribution in [0.1, 0.15) is 76.7 Å². The van der Waals surface area contributed by atoms with Crippen LogP contribution < -0.4 is 10.3 Å². The van der Waals surface area contributed by atoms with Crippen LogP contribution in [-0.2, 0) is 16.8 Å². The molecule has 0 saturated carbocycles. The zero-order chi connectivity index (χ0) is 17.0. The molecule has 5 nitrogen and oxygen atoms in total. The Morgan fingerprint density at radius 3 is 1.92 bits per heavy atom. The summed E-state index contributed by atoms with van der Waals surface area (Å²) < 4.78 is 36.6. The average Bonchev–Trinajstić information content (AvgIpc) is 2.49. The van der Waals surface area contributed by atoms with Crippen molar-refractivity contribution in [3.63, 3.8) is 0 Å². The molecular weight excluding hydrogens is 326 g/mol. The summed E-state index contributed by atoms with van der Waals surface area (Å²) >= 11 is 0. The molecule has 0 spiro atoms. The number of aryl methyl sites for hydroxylation is 1. The molecule has 1 aromatic rings. The van der Waals surface area contributed by atoms with Crippen LogP contribution in [0.3, 0.4) is 0 Å². The molecule has 0 bridgehead atoms. The summed E-state index contributed by atoms with van der Waals surface area (Å²) in [6, 6.07) is 6.84. The lowest BCUT2D eigenvalue weighted by Crippen LogP contribution is -2.08. The summed E-state index contributed by atoms with van der Waals surface area (Å²) in [7, 11) is -4.70. The van der Waals surface area contributed by atoms with Crippen LogP contribution in [0.4, 0.5) is 0 Å². The van der Waals surface area contributed by atoms with E-state index in [4.69, 9.17) is 0 Å². The summed E-state index contributed by atoms with van der Waals surface area (Å²) in [4.78, 5) is 0. The van der Waals surface area contributed by atoms with Crippen molar-refractivity contribution in [1.29, 1.82) is 0 Å². The van der Waals surface area contributed by atoms with Crippen molar-refractivity contribution in [3.05, 3.63) is 29.8 Å². The van der Waals surface area contributed by atoms with Crippen molar-refractivity contribution in [2.24, 2.45) is 0 Å². The third-order valence-electron chi connectivity index (χ3n) is 3.96. The highest BCUT2D eigenvalue weighted by Gasteiger charge is 2.06. The summed E-state index contributed by atoms with van der Waals surface area (Å²) in [5, 5.41) is 0. The van der Waals surface area contributed by atoms with Crippen molar-refractivity contribution in [3.8, 4) is 5.75 Å². The third kappa shape index (κ3) is 11.4. The number of para-hydroxylation sites is 1. The van der Waals surface area contributed by atoms with Gasteiger partial charge in [-0.15, -0.1) is 0 Å². The zero-order valence-electron chi connectivity index (χ0n) is 15.1. The largest absolute Gasteiger partial charge is 0.716 e. The van der Waals surface area contributed by atoms with E-state index >= 15 is 0 Å². The van der Waals surface area contributed by atoms with E-state index in [1.165, 1.54) is 57.4 Å². The van der Waals surface area contributed by atoms with Crippen molar-refractivity contribution in [1.82, 2.24) is 6.15 Å². The van der Waals surface area contributed by atoms with E-state index in [0.717, 1.165) is 24.8 Å². The van der Waals surface area contributed by atoms with E-state index in [1.807, 2.05) is 12.1 Å². The molecule has 0 unspecified atom stereocenters. The molecule has 0 aromatic heterocycles. The van der Waals surface area contributed by atoms with Gasteiger partial charge in [0, 0.05) is 0 Å². The molecule has 0 heterocycles. The summed E-state index contributed by atoms with van der Waals surface area (Å²) in [5.74, 6) is 0.165. The van der Waals surface area contributed by atoms with Gasteiger partial charge in [0.25, 0.3) is 10.4 Å². The maximum Gasteiger partial charge on any atom is 0.262 e. The van der Waals surface area contributed by atoms with Gasteiger partial charge in [-0.25, -0.2) is 8.42 Å². The number of hydrogen-bond donors (Lipinski definition) is 1. The Labute approximate surface area is 147 Å². The van der Waals surface area contributed by atoms with Gasteiger partial charge >= 0.3 is 0 Å². The normalized spacial score (nSPS) is 11.1. The topological polar surface area (TPSA) is 103 Å². The van der Waals surface area contributed by atoms with Crippen LogP contribution >= 0.6 is 0 Å².